The highest BCUT2D eigenvalue weighted by molar-refractivity contribution is 5.93. The van der Waals surface area contributed by atoms with Crippen LogP contribution in [0.1, 0.15) is 26.7 Å². The fourth-order valence-electron chi connectivity index (χ4n) is 1.93. The Morgan fingerprint density at radius 1 is 0.964 bits per heavy atom. The maximum atomic E-state index is 12.2. The van der Waals surface area contributed by atoms with Crippen molar-refractivity contribution in [3.63, 3.8) is 0 Å². The summed E-state index contributed by atoms with van der Waals surface area (Å²) < 4.78 is 0. The average Bonchev–Trinajstić information content (AvgIpc) is 2.60. The predicted molar refractivity (Wildman–Crippen MR) is 99.7 cm³/mol. The summed E-state index contributed by atoms with van der Waals surface area (Å²) in [6.45, 7) is 2.21. The van der Waals surface area contributed by atoms with Crippen LogP contribution in [0, 0.1) is 0 Å². The van der Waals surface area contributed by atoms with Crippen LogP contribution in [-0.4, -0.2) is 77.2 Å². The standard InChI is InChI=1S/C15H29N7O6/c1-7(16)11(24)20-8(2)12(25)22-10(6-23)13(26)21-9(14(27)28)4-3-5-19-15(17)18/h7-10,23H,3-6,16H2,1-2H3,(H,20,24)(H,21,26)(H,22,25)(H,27,28)(H4,17,18,19). The monoisotopic (exact) mass is 403 g/mol. The zero-order valence-corrected chi connectivity index (χ0v) is 15.8. The SMILES string of the molecule is CC(N)C(=O)NC(C)C(=O)NC(CO)C(=O)NC(CCCN=C(N)N)C(=O)O. The molecule has 13 heteroatoms. The third-order valence-electron chi connectivity index (χ3n) is 3.54. The van der Waals surface area contributed by atoms with E-state index in [9.17, 15) is 29.4 Å². The Balaban J connectivity index is 4.77. The molecule has 4 atom stereocenters. The summed E-state index contributed by atoms with van der Waals surface area (Å²) in [6, 6.07) is -4.51. The number of nitrogens with zero attached hydrogens (tertiary/aromatic N) is 1. The number of carboxylic acid groups (broad SMARTS) is 1. The first-order valence-corrected chi connectivity index (χ1v) is 8.55. The molecule has 0 fully saturated rings. The first-order chi connectivity index (χ1) is 13.0. The van der Waals surface area contributed by atoms with Crippen LogP contribution in [0.3, 0.4) is 0 Å². The predicted octanol–water partition coefficient (Wildman–Crippen LogP) is -4.06. The van der Waals surface area contributed by atoms with E-state index < -0.39 is 54.5 Å². The Bertz CT molecular complexity index is 591. The number of carbonyl (C=O) groups is 4. The van der Waals surface area contributed by atoms with Crippen LogP contribution in [0.2, 0.25) is 0 Å². The third-order valence-corrected chi connectivity index (χ3v) is 3.54. The van der Waals surface area contributed by atoms with Gasteiger partial charge in [0, 0.05) is 6.54 Å². The van der Waals surface area contributed by atoms with E-state index in [1.165, 1.54) is 13.8 Å². The molecule has 13 nitrogen and oxygen atoms in total. The first kappa shape index (κ1) is 25.1. The van der Waals surface area contributed by atoms with Gasteiger partial charge in [0.25, 0.3) is 0 Å². The molecule has 0 saturated heterocycles. The lowest BCUT2D eigenvalue weighted by Gasteiger charge is -2.22. The number of aliphatic imine (C=N–C) groups is 1. The Kier molecular flexibility index (Phi) is 11.2. The topological polar surface area (TPSA) is 235 Å². The fourth-order valence-corrected chi connectivity index (χ4v) is 1.93. The summed E-state index contributed by atoms with van der Waals surface area (Å²) in [5.41, 5.74) is 15.7. The highest BCUT2D eigenvalue weighted by Crippen LogP contribution is 2.00. The molecule has 0 radical (unpaired) electrons. The molecule has 28 heavy (non-hydrogen) atoms. The number of amides is 3. The van der Waals surface area contributed by atoms with Gasteiger partial charge in [-0.05, 0) is 26.7 Å². The number of nitrogens with two attached hydrogens (primary N) is 3. The van der Waals surface area contributed by atoms with E-state index in [0.717, 1.165) is 0 Å². The maximum absolute atomic E-state index is 12.2. The number of carboxylic acids is 1. The molecule has 11 N–H and O–H groups in total. The van der Waals surface area contributed by atoms with Crippen molar-refractivity contribution in [1.29, 1.82) is 0 Å². The molecule has 0 rings (SSSR count). The Morgan fingerprint density at radius 2 is 1.54 bits per heavy atom. The van der Waals surface area contributed by atoms with Crippen LogP contribution >= 0.6 is 0 Å². The summed E-state index contributed by atoms with van der Waals surface area (Å²) in [4.78, 5) is 50.7. The average molecular weight is 403 g/mol. The lowest BCUT2D eigenvalue weighted by atomic mass is 10.1. The van der Waals surface area contributed by atoms with Gasteiger partial charge in [0.2, 0.25) is 17.7 Å². The van der Waals surface area contributed by atoms with Gasteiger partial charge in [-0.2, -0.15) is 0 Å². The number of hydrogen-bond donors (Lipinski definition) is 8. The number of nitrogens with one attached hydrogen (secondary N) is 3. The second-order valence-corrected chi connectivity index (χ2v) is 6.11. The lowest BCUT2D eigenvalue weighted by Crippen LogP contribution is -2.57. The number of aliphatic hydroxyl groups is 1. The van der Waals surface area contributed by atoms with Gasteiger partial charge in [0.05, 0.1) is 12.6 Å². The van der Waals surface area contributed by atoms with Crippen molar-refractivity contribution in [1.82, 2.24) is 16.0 Å². The molecule has 4 unspecified atom stereocenters. The second kappa shape index (κ2) is 12.5. The summed E-state index contributed by atoms with van der Waals surface area (Å²) in [7, 11) is 0. The Labute approximate surface area is 162 Å². The van der Waals surface area contributed by atoms with Crippen LogP contribution in [0.25, 0.3) is 0 Å². The molecule has 0 heterocycles. The van der Waals surface area contributed by atoms with Gasteiger partial charge in [0.15, 0.2) is 5.96 Å². The minimum atomic E-state index is -1.40. The van der Waals surface area contributed by atoms with Gasteiger partial charge in [0.1, 0.15) is 18.1 Å². The molecule has 0 aliphatic rings. The van der Waals surface area contributed by atoms with Gasteiger partial charge in [-0.1, -0.05) is 0 Å². The summed E-state index contributed by atoms with van der Waals surface area (Å²) >= 11 is 0. The van der Waals surface area contributed by atoms with Gasteiger partial charge >= 0.3 is 5.97 Å². The van der Waals surface area contributed by atoms with Crippen molar-refractivity contribution in [2.75, 3.05) is 13.2 Å². The number of aliphatic carboxylic acids is 1. The van der Waals surface area contributed by atoms with E-state index in [4.69, 9.17) is 17.2 Å². The number of hydrogen-bond acceptors (Lipinski definition) is 7. The number of aliphatic hydroxyl groups excluding tert-OH is 1. The van der Waals surface area contributed by atoms with E-state index >= 15 is 0 Å². The molecule has 0 spiro atoms. The normalized spacial score (nSPS) is 14.7. The molecular weight excluding hydrogens is 374 g/mol. The van der Waals surface area contributed by atoms with E-state index in [-0.39, 0.29) is 25.3 Å². The zero-order valence-electron chi connectivity index (χ0n) is 15.8. The molecule has 0 aromatic heterocycles. The Hall–Kier alpha value is -2.93. The van der Waals surface area contributed by atoms with Crippen molar-refractivity contribution in [3.05, 3.63) is 0 Å². The van der Waals surface area contributed by atoms with Crippen LogP contribution in [0.4, 0.5) is 0 Å². The van der Waals surface area contributed by atoms with Gasteiger partial charge in [-0.25, -0.2) is 4.79 Å². The maximum Gasteiger partial charge on any atom is 0.326 e. The van der Waals surface area contributed by atoms with Crippen LogP contribution < -0.4 is 33.2 Å². The van der Waals surface area contributed by atoms with Gasteiger partial charge < -0.3 is 43.4 Å². The molecule has 0 saturated carbocycles. The van der Waals surface area contributed by atoms with Crippen LogP contribution in [0.15, 0.2) is 4.99 Å². The number of guanidine groups is 1. The highest BCUT2D eigenvalue weighted by Gasteiger charge is 2.27. The fraction of sp³-hybridized carbons (Fsp3) is 0.667. The number of carbonyl (C=O) groups excluding carboxylic acids is 3. The van der Waals surface area contributed by atoms with Crippen molar-refractivity contribution in [2.45, 2.75) is 50.9 Å². The van der Waals surface area contributed by atoms with E-state index in [1.807, 2.05) is 0 Å². The largest absolute Gasteiger partial charge is 0.480 e. The molecule has 0 aromatic rings. The van der Waals surface area contributed by atoms with Crippen molar-refractivity contribution < 1.29 is 29.4 Å². The molecule has 160 valence electrons. The smallest absolute Gasteiger partial charge is 0.326 e. The first-order valence-electron chi connectivity index (χ1n) is 8.55. The lowest BCUT2D eigenvalue weighted by molar-refractivity contribution is -0.142. The van der Waals surface area contributed by atoms with Crippen LogP contribution in [-0.2, 0) is 19.2 Å². The van der Waals surface area contributed by atoms with Crippen molar-refractivity contribution in [2.24, 2.45) is 22.2 Å². The second-order valence-electron chi connectivity index (χ2n) is 6.11. The third kappa shape index (κ3) is 9.68. The van der Waals surface area contributed by atoms with Crippen molar-refractivity contribution in [3.8, 4) is 0 Å². The van der Waals surface area contributed by atoms with E-state index in [0.29, 0.717) is 0 Å². The van der Waals surface area contributed by atoms with E-state index in [2.05, 4.69) is 20.9 Å². The summed E-state index contributed by atoms with van der Waals surface area (Å²) in [5.74, 6) is -3.64. The van der Waals surface area contributed by atoms with Gasteiger partial charge in [-0.15, -0.1) is 0 Å². The van der Waals surface area contributed by atoms with Gasteiger partial charge in [-0.3, -0.25) is 19.4 Å². The molecule has 0 bridgehead atoms. The number of rotatable bonds is 12. The minimum absolute atomic E-state index is 0.0325. The van der Waals surface area contributed by atoms with E-state index in [1.54, 1.807) is 0 Å². The molecule has 0 aliphatic heterocycles. The quantitative estimate of drug-likeness (QED) is 0.0897. The summed E-state index contributed by atoms with van der Waals surface area (Å²) in [5, 5.41) is 25.3. The van der Waals surface area contributed by atoms with Crippen molar-refractivity contribution >= 4 is 29.7 Å². The highest BCUT2D eigenvalue weighted by atomic mass is 16.4. The summed E-state index contributed by atoms with van der Waals surface area (Å²) in [6.07, 6.45) is 0.316. The zero-order chi connectivity index (χ0) is 21.9. The van der Waals surface area contributed by atoms with Crippen LogP contribution in [0.5, 0.6) is 0 Å². The molecule has 3 amide bonds. The minimum Gasteiger partial charge on any atom is -0.480 e. The molecule has 0 aromatic carbocycles. The Morgan fingerprint density at radius 3 is 2.00 bits per heavy atom. The molecule has 0 aliphatic carbocycles. The molecular formula is C15H29N7O6.